The first-order valence-corrected chi connectivity index (χ1v) is 9.89. The molecule has 0 aliphatic carbocycles. The van der Waals surface area contributed by atoms with Gasteiger partial charge in [-0.1, -0.05) is 11.6 Å². The minimum atomic E-state index is -5.75. The van der Waals surface area contributed by atoms with Crippen molar-refractivity contribution in [2.24, 2.45) is 0 Å². The number of amides is 1. The Morgan fingerprint density at radius 2 is 1.59 bits per heavy atom. The molecular formula is C21H13ClF5N3O4. The molecule has 2 heterocycles. The standard InChI is InChI=1S/C21H13ClF5N3O4/c22-11-1-5-14(6-2-11)34-19-29-17-15(9-16(31)28-17)18(32)30(19)12-3-7-13(8-4-12)33-10-20(23,24)21(25,26)27/h1-8H,9-10H2,(H,28,31). The molecule has 178 valence electrons. The lowest BCUT2D eigenvalue weighted by molar-refractivity contribution is -0.290. The Morgan fingerprint density at radius 1 is 0.971 bits per heavy atom. The van der Waals surface area contributed by atoms with E-state index in [4.69, 9.17) is 16.3 Å². The van der Waals surface area contributed by atoms with Crippen LogP contribution in [-0.4, -0.2) is 34.2 Å². The van der Waals surface area contributed by atoms with Crippen molar-refractivity contribution in [2.45, 2.75) is 18.5 Å². The molecule has 0 spiro atoms. The van der Waals surface area contributed by atoms with E-state index in [0.717, 1.165) is 16.7 Å². The van der Waals surface area contributed by atoms with E-state index in [1.165, 1.54) is 36.4 Å². The van der Waals surface area contributed by atoms with E-state index in [-0.39, 0.29) is 41.0 Å². The fraction of sp³-hybridized carbons (Fsp3) is 0.190. The Labute approximate surface area is 192 Å². The van der Waals surface area contributed by atoms with E-state index >= 15 is 0 Å². The van der Waals surface area contributed by atoms with E-state index in [9.17, 15) is 31.5 Å². The molecule has 0 radical (unpaired) electrons. The summed E-state index contributed by atoms with van der Waals surface area (Å²) in [4.78, 5) is 29.1. The number of carbonyl (C=O) groups is 1. The molecule has 1 N–H and O–H groups in total. The summed E-state index contributed by atoms with van der Waals surface area (Å²) in [6.45, 7) is -1.91. The largest absolute Gasteiger partial charge is 0.487 e. The van der Waals surface area contributed by atoms with Crippen molar-refractivity contribution in [3.05, 3.63) is 69.5 Å². The van der Waals surface area contributed by atoms with Gasteiger partial charge in [0.1, 0.15) is 17.3 Å². The van der Waals surface area contributed by atoms with Gasteiger partial charge in [0.25, 0.3) is 5.56 Å². The van der Waals surface area contributed by atoms with Crippen molar-refractivity contribution in [3.8, 4) is 23.2 Å². The lowest BCUT2D eigenvalue weighted by atomic mass is 10.2. The zero-order valence-electron chi connectivity index (χ0n) is 16.8. The predicted molar refractivity (Wildman–Crippen MR) is 110 cm³/mol. The molecule has 0 fully saturated rings. The van der Waals surface area contributed by atoms with Gasteiger partial charge in [-0.3, -0.25) is 9.59 Å². The number of anilines is 1. The molecule has 1 aromatic heterocycles. The predicted octanol–water partition coefficient (Wildman–Crippen LogP) is 4.75. The van der Waals surface area contributed by atoms with Crippen LogP contribution in [0.3, 0.4) is 0 Å². The van der Waals surface area contributed by atoms with Crippen LogP contribution < -0.4 is 20.3 Å². The first-order chi connectivity index (χ1) is 15.9. The lowest BCUT2D eigenvalue weighted by Gasteiger charge is -2.20. The quantitative estimate of drug-likeness (QED) is 0.493. The van der Waals surface area contributed by atoms with Gasteiger partial charge < -0.3 is 14.8 Å². The SMILES string of the molecule is O=C1Cc2c(nc(Oc3ccc(Cl)cc3)n(-c3ccc(OCC(F)(F)C(F)(F)F)cc3)c2=O)N1. The summed E-state index contributed by atoms with van der Waals surface area (Å²) in [5, 5.41) is 2.89. The molecule has 0 bridgehead atoms. The van der Waals surface area contributed by atoms with E-state index in [0.29, 0.717) is 5.02 Å². The van der Waals surface area contributed by atoms with Crippen molar-refractivity contribution >= 4 is 23.3 Å². The van der Waals surface area contributed by atoms with Gasteiger partial charge in [-0.15, -0.1) is 0 Å². The molecule has 3 aromatic rings. The van der Waals surface area contributed by atoms with Crippen molar-refractivity contribution in [1.29, 1.82) is 0 Å². The Balaban J connectivity index is 1.67. The van der Waals surface area contributed by atoms with E-state index in [1.54, 1.807) is 0 Å². The number of ether oxygens (including phenoxy) is 2. The molecule has 13 heteroatoms. The first-order valence-electron chi connectivity index (χ1n) is 9.51. The maximum Gasteiger partial charge on any atom is 0.456 e. The average molecular weight is 502 g/mol. The van der Waals surface area contributed by atoms with Gasteiger partial charge in [0.05, 0.1) is 17.7 Å². The van der Waals surface area contributed by atoms with Crippen LogP contribution in [0, 0.1) is 0 Å². The second-order valence-electron chi connectivity index (χ2n) is 7.13. The average Bonchev–Trinajstić information content (AvgIpc) is 3.14. The van der Waals surface area contributed by atoms with Crippen molar-refractivity contribution in [2.75, 3.05) is 11.9 Å². The van der Waals surface area contributed by atoms with Crippen LogP contribution in [0.2, 0.25) is 5.02 Å². The number of halogens is 6. The summed E-state index contributed by atoms with van der Waals surface area (Å²) in [7, 11) is 0. The van der Waals surface area contributed by atoms with Crippen LogP contribution in [-0.2, 0) is 11.2 Å². The number of hydrogen-bond acceptors (Lipinski definition) is 5. The maximum atomic E-state index is 13.1. The van der Waals surface area contributed by atoms with Crippen molar-refractivity contribution in [1.82, 2.24) is 9.55 Å². The van der Waals surface area contributed by atoms with Gasteiger partial charge >= 0.3 is 18.1 Å². The maximum absolute atomic E-state index is 13.1. The van der Waals surface area contributed by atoms with Crippen LogP contribution >= 0.6 is 11.6 Å². The summed E-state index contributed by atoms with van der Waals surface area (Å²) < 4.78 is 74.5. The molecule has 2 aromatic carbocycles. The van der Waals surface area contributed by atoms with Crippen LogP contribution in [0.5, 0.6) is 17.5 Å². The van der Waals surface area contributed by atoms with Crippen LogP contribution in [0.4, 0.5) is 27.8 Å². The van der Waals surface area contributed by atoms with E-state index in [2.05, 4.69) is 15.0 Å². The Morgan fingerprint density at radius 3 is 2.21 bits per heavy atom. The number of fused-ring (bicyclic) bond motifs is 1. The minimum Gasteiger partial charge on any atom is -0.487 e. The summed E-state index contributed by atoms with van der Waals surface area (Å²) >= 11 is 5.86. The summed E-state index contributed by atoms with van der Waals surface area (Å²) in [5.74, 6) is -5.46. The highest BCUT2D eigenvalue weighted by molar-refractivity contribution is 6.30. The number of hydrogen-bond donors (Lipinski definition) is 1. The summed E-state index contributed by atoms with van der Waals surface area (Å²) in [6, 6.07) is 10.6. The monoisotopic (exact) mass is 501 g/mol. The number of nitrogens with zero attached hydrogens (tertiary/aromatic N) is 2. The second kappa shape index (κ2) is 8.60. The topological polar surface area (TPSA) is 82.4 Å². The number of rotatable bonds is 6. The highest BCUT2D eigenvalue weighted by Crippen LogP contribution is 2.36. The smallest absolute Gasteiger partial charge is 0.456 e. The molecule has 0 saturated heterocycles. The molecule has 1 amide bonds. The van der Waals surface area contributed by atoms with Crippen LogP contribution in [0.1, 0.15) is 5.56 Å². The third-order valence-electron chi connectivity index (χ3n) is 4.69. The molecule has 0 atom stereocenters. The summed E-state index contributed by atoms with van der Waals surface area (Å²) in [6.07, 6.45) is -5.97. The zero-order chi connectivity index (χ0) is 24.7. The highest BCUT2D eigenvalue weighted by Gasteiger charge is 2.58. The highest BCUT2D eigenvalue weighted by atomic mass is 35.5. The molecule has 34 heavy (non-hydrogen) atoms. The Kier molecular flexibility index (Phi) is 5.94. The number of nitrogens with one attached hydrogen (secondary N) is 1. The van der Waals surface area contributed by atoms with Gasteiger partial charge in [0.2, 0.25) is 5.91 Å². The molecule has 4 rings (SSSR count). The van der Waals surface area contributed by atoms with Gasteiger partial charge in [0, 0.05) is 5.02 Å². The molecule has 1 aliphatic heterocycles. The van der Waals surface area contributed by atoms with Gasteiger partial charge in [0.15, 0.2) is 6.61 Å². The third kappa shape index (κ3) is 4.67. The fourth-order valence-electron chi connectivity index (χ4n) is 2.99. The number of aromatic nitrogens is 2. The van der Waals surface area contributed by atoms with Crippen molar-refractivity contribution in [3.63, 3.8) is 0 Å². The summed E-state index contributed by atoms with van der Waals surface area (Å²) in [5.41, 5.74) is -0.415. The fourth-order valence-corrected chi connectivity index (χ4v) is 3.11. The normalized spacial score (nSPS) is 13.4. The minimum absolute atomic E-state index is 0.0320. The van der Waals surface area contributed by atoms with Gasteiger partial charge in [-0.05, 0) is 48.5 Å². The number of benzene rings is 2. The zero-order valence-corrected chi connectivity index (χ0v) is 17.6. The van der Waals surface area contributed by atoms with Crippen molar-refractivity contribution < 1.29 is 36.2 Å². The van der Waals surface area contributed by atoms with Crippen LogP contribution in [0.25, 0.3) is 5.69 Å². The Bertz CT molecular complexity index is 1290. The number of alkyl halides is 5. The Hall–Kier alpha value is -3.67. The van der Waals surface area contributed by atoms with E-state index in [1.807, 2.05) is 0 Å². The third-order valence-corrected chi connectivity index (χ3v) is 4.95. The van der Waals surface area contributed by atoms with E-state index < -0.39 is 30.2 Å². The second-order valence-corrected chi connectivity index (χ2v) is 7.56. The van der Waals surface area contributed by atoms with Gasteiger partial charge in [-0.2, -0.15) is 26.9 Å². The molecular weight excluding hydrogens is 489 g/mol. The lowest BCUT2D eigenvalue weighted by Crippen LogP contribution is -2.41. The first kappa shape index (κ1) is 23.5. The molecule has 1 aliphatic rings. The molecule has 7 nitrogen and oxygen atoms in total. The number of carbonyl (C=O) groups excluding carboxylic acids is 1. The van der Waals surface area contributed by atoms with Crippen LogP contribution in [0.15, 0.2) is 53.3 Å². The molecule has 0 saturated carbocycles. The molecule has 0 unspecified atom stereocenters. The van der Waals surface area contributed by atoms with Gasteiger partial charge in [-0.25, -0.2) is 4.57 Å².